The molecule has 3 rings (SSSR count). The topological polar surface area (TPSA) is 105 Å². The van der Waals surface area contributed by atoms with E-state index in [9.17, 15) is 18.0 Å². The van der Waals surface area contributed by atoms with Crippen LogP contribution in [0.4, 0.5) is 4.79 Å². The van der Waals surface area contributed by atoms with Crippen LogP contribution < -0.4 is 10.6 Å². The zero-order chi connectivity index (χ0) is 24.7. The Morgan fingerprint density at radius 2 is 1.65 bits per heavy atom. The van der Waals surface area contributed by atoms with Crippen molar-refractivity contribution in [2.75, 3.05) is 13.1 Å². The second-order valence-electron chi connectivity index (χ2n) is 8.57. The average molecular weight is 486 g/mol. The number of alkyl carbamates (subject to hydrolysis) is 1. The van der Waals surface area contributed by atoms with Crippen molar-refractivity contribution in [1.29, 1.82) is 0 Å². The Kier molecular flexibility index (Phi) is 8.46. The Balaban J connectivity index is 1.55. The number of ether oxygens (including phenoxy) is 1. The number of amides is 2. The van der Waals surface area contributed by atoms with Crippen molar-refractivity contribution in [2.45, 2.75) is 37.9 Å². The first-order valence-electron chi connectivity index (χ1n) is 11.2. The molecule has 2 atom stereocenters. The van der Waals surface area contributed by atoms with E-state index in [0.717, 1.165) is 11.1 Å². The van der Waals surface area contributed by atoms with Gasteiger partial charge in [-0.05, 0) is 41.2 Å². The highest BCUT2D eigenvalue weighted by molar-refractivity contribution is 7.89. The summed E-state index contributed by atoms with van der Waals surface area (Å²) in [6.45, 7) is 8.35. The van der Waals surface area contributed by atoms with Gasteiger partial charge in [-0.1, -0.05) is 62.9 Å². The van der Waals surface area contributed by atoms with Gasteiger partial charge in [0.25, 0.3) is 0 Å². The molecule has 2 aromatic rings. The molecule has 34 heavy (non-hydrogen) atoms. The third kappa shape index (κ3) is 6.45. The summed E-state index contributed by atoms with van der Waals surface area (Å²) in [5.74, 6) is -0.353. The summed E-state index contributed by atoms with van der Waals surface area (Å²) in [6.07, 6.45) is 0.678. The molecule has 1 fully saturated rings. The molecule has 1 aliphatic heterocycles. The third-order valence-electron chi connectivity index (χ3n) is 5.91. The number of sulfonamides is 1. The van der Waals surface area contributed by atoms with Gasteiger partial charge in [-0.15, -0.1) is 0 Å². The van der Waals surface area contributed by atoms with Crippen LogP contribution in [0.2, 0.25) is 0 Å². The van der Waals surface area contributed by atoms with Gasteiger partial charge in [-0.3, -0.25) is 4.79 Å². The van der Waals surface area contributed by atoms with Gasteiger partial charge in [0.1, 0.15) is 6.61 Å². The fraction of sp³-hybridized carbons (Fsp3) is 0.360. The van der Waals surface area contributed by atoms with Crippen LogP contribution >= 0.6 is 0 Å². The lowest BCUT2D eigenvalue weighted by atomic mass is 9.87. The van der Waals surface area contributed by atoms with Crippen molar-refractivity contribution in [1.82, 2.24) is 14.9 Å². The molecule has 0 radical (unpaired) electrons. The van der Waals surface area contributed by atoms with E-state index in [4.69, 9.17) is 4.74 Å². The molecule has 2 amide bonds. The van der Waals surface area contributed by atoms with E-state index in [-0.39, 0.29) is 41.8 Å². The maximum absolute atomic E-state index is 13.2. The molecule has 2 unspecified atom stereocenters. The minimum absolute atomic E-state index is 0.0483. The largest absolute Gasteiger partial charge is 0.445 e. The van der Waals surface area contributed by atoms with Crippen molar-refractivity contribution in [3.8, 4) is 0 Å². The Morgan fingerprint density at radius 3 is 2.24 bits per heavy atom. The number of nitrogens with one attached hydrogen (secondary N) is 2. The van der Waals surface area contributed by atoms with Gasteiger partial charge in [0.2, 0.25) is 15.9 Å². The minimum Gasteiger partial charge on any atom is -0.445 e. The highest BCUT2D eigenvalue weighted by Crippen LogP contribution is 2.27. The van der Waals surface area contributed by atoms with Crippen molar-refractivity contribution in [3.63, 3.8) is 0 Å². The van der Waals surface area contributed by atoms with Gasteiger partial charge in [0, 0.05) is 25.7 Å². The number of carbonyl (C=O) groups excluding carboxylic acids is 2. The summed E-state index contributed by atoms with van der Waals surface area (Å²) in [7, 11) is -3.68. The molecular formula is C25H31N3O5S. The van der Waals surface area contributed by atoms with E-state index in [1.165, 1.54) is 10.4 Å². The fourth-order valence-electron chi connectivity index (χ4n) is 4.09. The smallest absolute Gasteiger partial charge is 0.407 e. The van der Waals surface area contributed by atoms with Gasteiger partial charge in [-0.2, -0.15) is 4.31 Å². The number of piperidine rings is 1. The minimum atomic E-state index is -3.68. The van der Waals surface area contributed by atoms with Crippen LogP contribution in [0.1, 0.15) is 25.0 Å². The summed E-state index contributed by atoms with van der Waals surface area (Å²) in [5.41, 5.74) is 1.64. The quantitative estimate of drug-likeness (QED) is 0.559. The van der Waals surface area contributed by atoms with Gasteiger partial charge in [-0.25, -0.2) is 13.2 Å². The number of hydrogen-bond donors (Lipinski definition) is 2. The summed E-state index contributed by atoms with van der Waals surface area (Å²) < 4.78 is 33.0. The summed E-state index contributed by atoms with van der Waals surface area (Å²) in [4.78, 5) is 23.8. The molecule has 182 valence electrons. The van der Waals surface area contributed by atoms with Gasteiger partial charge in [0.05, 0.1) is 4.90 Å². The lowest BCUT2D eigenvalue weighted by Gasteiger charge is -2.40. The lowest BCUT2D eigenvalue weighted by molar-refractivity contribution is -0.118. The molecule has 0 aliphatic carbocycles. The summed E-state index contributed by atoms with van der Waals surface area (Å²) in [5, 5.41) is 5.57. The lowest BCUT2D eigenvalue weighted by Crippen LogP contribution is -2.55. The molecule has 0 saturated carbocycles. The predicted molar refractivity (Wildman–Crippen MR) is 129 cm³/mol. The number of nitrogens with zero attached hydrogens (tertiary/aromatic N) is 1. The second-order valence-corrected chi connectivity index (χ2v) is 10.5. The van der Waals surface area contributed by atoms with Crippen LogP contribution in [0.15, 0.2) is 72.1 Å². The SMILES string of the molecule is C=CC(=O)NC1C(C)CN(S(=O)(=O)c2ccc(CNC(=O)OCc3ccccc3)cc2)CC1C. The van der Waals surface area contributed by atoms with Crippen molar-refractivity contribution in [2.24, 2.45) is 11.8 Å². The molecule has 1 saturated heterocycles. The van der Waals surface area contributed by atoms with Gasteiger partial charge in [0.15, 0.2) is 0 Å². The molecule has 2 aromatic carbocycles. The predicted octanol–water partition coefficient (Wildman–Crippen LogP) is 3.06. The number of hydrogen-bond acceptors (Lipinski definition) is 5. The molecule has 2 N–H and O–H groups in total. The molecule has 1 heterocycles. The summed E-state index contributed by atoms with van der Waals surface area (Å²) >= 11 is 0. The van der Waals surface area contributed by atoms with Crippen molar-refractivity contribution < 1.29 is 22.7 Å². The standard InChI is InChI=1S/C25H31N3O5S/c1-4-23(29)27-24-18(2)15-28(16-19(24)3)34(31,32)22-12-10-20(11-13-22)14-26-25(30)33-17-21-8-6-5-7-9-21/h4-13,18-19,24H,1,14-17H2,2-3H3,(H,26,30)(H,27,29). The number of benzene rings is 2. The molecule has 8 nitrogen and oxygen atoms in total. The van der Waals surface area contributed by atoms with E-state index in [1.54, 1.807) is 24.3 Å². The first-order chi connectivity index (χ1) is 16.2. The molecule has 0 aromatic heterocycles. The van der Waals surface area contributed by atoms with Crippen molar-refractivity contribution in [3.05, 3.63) is 78.4 Å². The van der Waals surface area contributed by atoms with Crippen LogP contribution in [0.5, 0.6) is 0 Å². The highest BCUT2D eigenvalue weighted by Gasteiger charge is 2.38. The molecule has 9 heteroatoms. The Morgan fingerprint density at radius 1 is 1.03 bits per heavy atom. The molecule has 1 aliphatic rings. The monoisotopic (exact) mass is 485 g/mol. The Labute approximate surface area is 201 Å². The molecule has 0 bridgehead atoms. The Hall–Kier alpha value is -3.17. The first kappa shape index (κ1) is 25.5. The van der Waals surface area contributed by atoms with Gasteiger partial charge >= 0.3 is 6.09 Å². The Bertz CT molecular complexity index is 1090. The summed E-state index contributed by atoms with van der Waals surface area (Å²) in [6, 6.07) is 15.7. The zero-order valence-corrected chi connectivity index (χ0v) is 20.3. The van der Waals surface area contributed by atoms with Crippen molar-refractivity contribution >= 4 is 22.0 Å². The van der Waals surface area contributed by atoms with Crippen LogP contribution in [-0.4, -0.2) is 43.9 Å². The van der Waals surface area contributed by atoms with E-state index >= 15 is 0 Å². The van der Waals surface area contributed by atoms with E-state index in [1.807, 2.05) is 44.2 Å². The van der Waals surface area contributed by atoms with Crippen LogP contribution in [-0.2, 0) is 32.7 Å². The van der Waals surface area contributed by atoms with E-state index in [2.05, 4.69) is 17.2 Å². The number of carbonyl (C=O) groups is 2. The highest BCUT2D eigenvalue weighted by atomic mass is 32.2. The average Bonchev–Trinajstić information content (AvgIpc) is 2.84. The van der Waals surface area contributed by atoms with Crippen LogP contribution in [0.3, 0.4) is 0 Å². The van der Waals surface area contributed by atoms with E-state index in [0.29, 0.717) is 13.1 Å². The normalized spacial score (nSPS) is 20.8. The maximum atomic E-state index is 13.2. The third-order valence-corrected chi connectivity index (χ3v) is 7.76. The molecular weight excluding hydrogens is 454 g/mol. The zero-order valence-electron chi connectivity index (χ0n) is 19.4. The second kappa shape index (κ2) is 11.3. The maximum Gasteiger partial charge on any atom is 0.407 e. The van der Waals surface area contributed by atoms with Crippen LogP contribution in [0, 0.1) is 11.8 Å². The molecule has 0 spiro atoms. The van der Waals surface area contributed by atoms with Crippen LogP contribution in [0.25, 0.3) is 0 Å². The fourth-order valence-corrected chi connectivity index (χ4v) is 5.73. The number of rotatable bonds is 8. The van der Waals surface area contributed by atoms with Gasteiger partial charge < -0.3 is 15.4 Å². The first-order valence-corrected chi connectivity index (χ1v) is 12.6. The van der Waals surface area contributed by atoms with E-state index < -0.39 is 16.1 Å².